The Labute approximate surface area is 201 Å². The highest BCUT2D eigenvalue weighted by Crippen LogP contribution is 2.40. The lowest BCUT2D eigenvalue weighted by molar-refractivity contribution is -0.137. The summed E-state index contributed by atoms with van der Waals surface area (Å²) in [7, 11) is -1.10. The molecule has 0 unspecified atom stereocenters. The standard InChI is InChI=1S/C24H27BF4N2O4/c1-22(2)23(3,4)35-25(34-22)17(13-31-21(32)33-14-15-8-6-5-7-9-15)10-16-11-19(26)20(30)12-18(16)24(27,28)29/h5-12H,13-14,30H2,1-4H3,(H,31,32). The second-order valence-electron chi connectivity index (χ2n) is 9.18. The van der Waals surface area contributed by atoms with Crippen molar-refractivity contribution in [1.82, 2.24) is 5.32 Å². The minimum Gasteiger partial charge on any atom is -0.445 e. The van der Waals surface area contributed by atoms with Crippen molar-refractivity contribution in [1.29, 1.82) is 0 Å². The fourth-order valence-corrected chi connectivity index (χ4v) is 3.32. The van der Waals surface area contributed by atoms with E-state index in [1.807, 2.05) is 6.07 Å². The largest absolute Gasteiger partial charge is 0.492 e. The van der Waals surface area contributed by atoms with Gasteiger partial charge in [-0.1, -0.05) is 36.4 Å². The predicted molar refractivity (Wildman–Crippen MR) is 125 cm³/mol. The number of rotatable bonds is 6. The highest BCUT2D eigenvalue weighted by Gasteiger charge is 2.52. The van der Waals surface area contributed by atoms with Crippen LogP contribution in [0.3, 0.4) is 0 Å². The van der Waals surface area contributed by atoms with Crippen molar-refractivity contribution in [2.45, 2.75) is 51.7 Å². The topological polar surface area (TPSA) is 82.8 Å². The average molecular weight is 494 g/mol. The van der Waals surface area contributed by atoms with Crippen molar-refractivity contribution in [3.8, 4) is 0 Å². The minimum atomic E-state index is -4.79. The molecular formula is C24H27BF4N2O4. The van der Waals surface area contributed by atoms with Crippen molar-refractivity contribution in [3.05, 3.63) is 70.4 Å². The summed E-state index contributed by atoms with van der Waals surface area (Å²) in [6.45, 7) is 6.83. The Morgan fingerprint density at radius 3 is 2.29 bits per heavy atom. The third-order valence-corrected chi connectivity index (χ3v) is 6.02. The number of amides is 1. The summed E-state index contributed by atoms with van der Waals surface area (Å²) in [5, 5.41) is 2.50. The molecule has 0 spiro atoms. The molecule has 188 valence electrons. The third kappa shape index (κ3) is 6.34. The van der Waals surface area contributed by atoms with E-state index in [2.05, 4.69) is 5.32 Å². The van der Waals surface area contributed by atoms with E-state index in [-0.39, 0.29) is 18.6 Å². The van der Waals surface area contributed by atoms with Crippen LogP contribution < -0.4 is 11.1 Å². The second-order valence-corrected chi connectivity index (χ2v) is 9.18. The number of alkyl carbamates (subject to hydrolysis) is 1. The average Bonchev–Trinajstić information content (AvgIpc) is 2.98. The number of alkyl halides is 3. The molecule has 1 aliphatic rings. The van der Waals surface area contributed by atoms with Crippen LogP contribution >= 0.6 is 0 Å². The number of hydrogen-bond donors (Lipinski definition) is 2. The number of ether oxygens (including phenoxy) is 1. The van der Waals surface area contributed by atoms with Crippen LogP contribution in [0.25, 0.3) is 6.08 Å². The van der Waals surface area contributed by atoms with Crippen LogP contribution in [0.5, 0.6) is 0 Å². The van der Waals surface area contributed by atoms with Crippen LogP contribution in [-0.2, 0) is 26.8 Å². The smallest absolute Gasteiger partial charge is 0.445 e. The number of nitrogens with one attached hydrogen (secondary N) is 1. The van der Waals surface area contributed by atoms with Crippen molar-refractivity contribution >= 4 is 25.0 Å². The summed E-state index contributed by atoms with van der Waals surface area (Å²) in [5.74, 6) is -1.01. The first-order valence-electron chi connectivity index (χ1n) is 10.9. The van der Waals surface area contributed by atoms with Crippen LogP contribution in [0.4, 0.5) is 28.0 Å². The SMILES string of the molecule is CC1(C)OB(C(=Cc2cc(F)c(N)cc2C(F)(F)F)CNC(=O)OCc2ccccc2)OC1(C)C. The van der Waals surface area contributed by atoms with E-state index in [0.717, 1.165) is 11.6 Å². The van der Waals surface area contributed by atoms with Crippen LogP contribution in [0.2, 0.25) is 0 Å². The molecule has 3 N–H and O–H groups in total. The summed E-state index contributed by atoms with van der Waals surface area (Å²) in [6, 6.07) is 10.2. The molecule has 0 saturated carbocycles. The van der Waals surface area contributed by atoms with E-state index in [4.69, 9.17) is 19.8 Å². The summed E-state index contributed by atoms with van der Waals surface area (Å²) in [6.07, 6.45) is -4.50. The summed E-state index contributed by atoms with van der Waals surface area (Å²) < 4.78 is 72.2. The van der Waals surface area contributed by atoms with Gasteiger partial charge in [0.15, 0.2) is 0 Å². The minimum absolute atomic E-state index is 0.00358. The molecule has 0 aliphatic carbocycles. The van der Waals surface area contributed by atoms with Crippen LogP contribution in [0.1, 0.15) is 44.4 Å². The lowest BCUT2D eigenvalue weighted by Gasteiger charge is -2.32. The molecule has 0 radical (unpaired) electrons. The maximum atomic E-state index is 14.1. The van der Waals surface area contributed by atoms with Crippen molar-refractivity contribution in [2.75, 3.05) is 12.3 Å². The van der Waals surface area contributed by atoms with Gasteiger partial charge in [0.05, 0.1) is 22.5 Å². The van der Waals surface area contributed by atoms with Crippen molar-refractivity contribution in [2.24, 2.45) is 0 Å². The molecule has 0 bridgehead atoms. The molecular weight excluding hydrogens is 467 g/mol. The van der Waals surface area contributed by atoms with Crippen LogP contribution in [0, 0.1) is 5.82 Å². The van der Waals surface area contributed by atoms with E-state index >= 15 is 0 Å². The van der Waals surface area contributed by atoms with Gasteiger partial charge in [0.1, 0.15) is 12.4 Å². The van der Waals surface area contributed by atoms with E-state index in [0.29, 0.717) is 12.1 Å². The molecule has 1 heterocycles. The van der Waals surface area contributed by atoms with Gasteiger partial charge >= 0.3 is 19.4 Å². The zero-order valence-electron chi connectivity index (χ0n) is 19.8. The van der Waals surface area contributed by atoms with Gasteiger partial charge in [-0.2, -0.15) is 13.2 Å². The Bertz CT molecular complexity index is 1090. The highest BCUT2D eigenvalue weighted by molar-refractivity contribution is 6.56. The van der Waals surface area contributed by atoms with Crippen molar-refractivity contribution < 1.29 is 36.4 Å². The normalized spacial score (nSPS) is 17.4. The van der Waals surface area contributed by atoms with Crippen molar-refractivity contribution in [3.63, 3.8) is 0 Å². The van der Waals surface area contributed by atoms with Gasteiger partial charge in [0.25, 0.3) is 0 Å². The molecule has 1 saturated heterocycles. The maximum absolute atomic E-state index is 14.1. The predicted octanol–water partition coefficient (Wildman–Crippen LogP) is 5.37. The molecule has 0 aromatic heterocycles. The first kappa shape index (κ1) is 26.6. The zero-order valence-corrected chi connectivity index (χ0v) is 19.8. The number of carbonyl (C=O) groups excluding carboxylic acids is 1. The number of carbonyl (C=O) groups is 1. The number of anilines is 1. The molecule has 1 amide bonds. The molecule has 6 nitrogen and oxygen atoms in total. The third-order valence-electron chi connectivity index (χ3n) is 6.02. The fourth-order valence-electron chi connectivity index (χ4n) is 3.32. The Morgan fingerprint density at radius 2 is 1.71 bits per heavy atom. The van der Waals surface area contributed by atoms with Crippen LogP contribution in [-0.4, -0.2) is 31.0 Å². The quantitative estimate of drug-likeness (QED) is 0.321. The number of nitrogen functional groups attached to an aromatic ring is 1. The first-order valence-corrected chi connectivity index (χ1v) is 10.9. The monoisotopic (exact) mass is 494 g/mol. The number of benzene rings is 2. The van der Waals surface area contributed by atoms with E-state index in [1.54, 1.807) is 52.0 Å². The Morgan fingerprint density at radius 1 is 1.11 bits per heavy atom. The van der Waals surface area contributed by atoms with Crippen LogP contribution in [0.15, 0.2) is 47.9 Å². The molecule has 35 heavy (non-hydrogen) atoms. The van der Waals surface area contributed by atoms with Gasteiger partial charge in [-0.15, -0.1) is 0 Å². The maximum Gasteiger partial charge on any atom is 0.492 e. The van der Waals surface area contributed by atoms with Gasteiger partial charge in [-0.05, 0) is 56.4 Å². The second kappa shape index (κ2) is 9.90. The van der Waals surface area contributed by atoms with Gasteiger partial charge in [0, 0.05) is 6.54 Å². The fraction of sp³-hybridized carbons (Fsp3) is 0.375. The van der Waals surface area contributed by atoms with Gasteiger partial charge < -0.3 is 25.1 Å². The summed E-state index contributed by atoms with van der Waals surface area (Å²) in [5.41, 5.74) is 2.43. The van der Waals surface area contributed by atoms with Gasteiger partial charge in [-0.3, -0.25) is 0 Å². The van der Waals surface area contributed by atoms with E-state index in [9.17, 15) is 22.4 Å². The Kier molecular flexibility index (Phi) is 7.52. The van der Waals surface area contributed by atoms with Gasteiger partial charge in [-0.25, -0.2) is 9.18 Å². The Hall–Kier alpha value is -3.05. The lowest BCUT2D eigenvalue weighted by atomic mass is 9.76. The molecule has 1 aliphatic heterocycles. The molecule has 1 fully saturated rings. The number of hydrogen-bond acceptors (Lipinski definition) is 5. The number of halogens is 4. The Balaban J connectivity index is 1.89. The first-order chi connectivity index (χ1) is 16.2. The lowest BCUT2D eigenvalue weighted by Crippen LogP contribution is -2.41. The van der Waals surface area contributed by atoms with E-state index < -0.39 is 53.2 Å². The molecule has 2 aromatic rings. The number of nitrogens with two attached hydrogens (primary N) is 1. The molecule has 0 atom stereocenters. The zero-order chi connectivity index (χ0) is 26.0. The summed E-state index contributed by atoms with van der Waals surface area (Å²) >= 11 is 0. The van der Waals surface area contributed by atoms with E-state index in [1.165, 1.54) is 0 Å². The summed E-state index contributed by atoms with van der Waals surface area (Å²) in [4.78, 5) is 12.3. The molecule has 3 rings (SSSR count). The van der Waals surface area contributed by atoms with Gasteiger partial charge in [0.2, 0.25) is 0 Å². The molecule has 2 aromatic carbocycles. The molecule has 11 heteroatoms. The highest BCUT2D eigenvalue weighted by atomic mass is 19.4.